The van der Waals surface area contributed by atoms with Gasteiger partial charge in [-0.25, -0.2) is 0 Å². The molecule has 0 aliphatic heterocycles. The predicted octanol–water partition coefficient (Wildman–Crippen LogP) is 3.18. The summed E-state index contributed by atoms with van der Waals surface area (Å²) in [6.45, 7) is 7.53. The van der Waals surface area contributed by atoms with Crippen LogP contribution in [0.1, 0.15) is 25.8 Å². The van der Waals surface area contributed by atoms with Crippen molar-refractivity contribution in [3.8, 4) is 11.5 Å². The molecule has 0 aromatic heterocycles. The highest BCUT2D eigenvalue weighted by Crippen LogP contribution is 2.28. The van der Waals surface area contributed by atoms with Gasteiger partial charge in [-0.2, -0.15) is 0 Å². The van der Waals surface area contributed by atoms with E-state index in [4.69, 9.17) is 9.47 Å². The average Bonchev–Trinajstić information content (AvgIpc) is 2.17. The van der Waals surface area contributed by atoms with Crippen LogP contribution in [0.5, 0.6) is 11.5 Å². The second-order valence-electron chi connectivity index (χ2n) is 3.23. The zero-order valence-electron chi connectivity index (χ0n) is 9.17. The minimum Gasteiger partial charge on any atom is -0.490 e. The van der Waals surface area contributed by atoms with Crippen LogP contribution < -0.4 is 9.47 Å². The van der Waals surface area contributed by atoms with E-state index >= 15 is 0 Å². The predicted molar refractivity (Wildman–Crippen MR) is 58.1 cm³/mol. The Labute approximate surface area is 85.8 Å². The number of aryl methyl sites for hydroxylation is 1. The third kappa shape index (κ3) is 2.95. The van der Waals surface area contributed by atoms with Gasteiger partial charge < -0.3 is 9.47 Å². The first kappa shape index (κ1) is 10.9. The summed E-state index contributed by atoms with van der Waals surface area (Å²) in [5, 5.41) is 0. The van der Waals surface area contributed by atoms with Crippen LogP contribution >= 0.6 is 0 Å². The highest BCUT2D eigenvalue weighted by atomic mass is 16.5. The standard InChI is InChI=1S/C12H18O2/c1-4-8-14-11-7-6-10(3)9-12(11)13-5-2/h6-7,9H,4-5,8H2,1-3H3. The molecule has 0 fully saturated rings. The molecular formula is C12H18O2. The highest BCUT2D eigenvalue weighted by molar-refractivity contribution is 5.42. The smallest absolute Gasteiger partial charge is 0.161 e. The first-order valence-electron chi connectivity index (χ1n) is 5.14. The fourth-order valence-electron chi connectivity index (χ4n) is 1.21. The van der Waals surface area contributed by atoms with Gasteiger partial charge in [-0.05, 0) is 38.0 Å². The minimum absolute atomic E-state index is 0.673. The van der Waals surface area contributed by atoms with Gasteiger partial charge >= 0.3 is 0 Å². The molecule has 0 aliphatic rings. The number of benzene rings is 1. The van der Waals surface area contributed by atoms with Crippen LogP contribution in [0.15, 0.2) is 18.2 Å². The maximum atomic E-state index is 5.57. The number of hydrogen-bond acceptors (Lipinski definition) is 2. The molecule has 0 atom stereocenters. The first-order valence-corrected chi connectivity index (χ1v) is 5.14. The van der Waals surface area contributed by atoms with E-state index in [2.05, 4.69) is 6.92 Å². The summed E-state index contributed by atoms with van der Waals surface area (Å²) in [5.41, 5.74) is 1.19. The van der Waals surface area contributed by atoms with Crippen molar-refractivity contribution in [3.63, 3.8) is 0 Å². The maximum Gasteiger partial charge on any atom is 0.161 e. The Morgan fingerprint density at radius 3 is 2.50 bits per heavy atom. The van der Waals surface area contributed by atoms with Gasteiger partial charge in [-0.3, -0.25) is 0 Å². The Hall–Kier alpha value is -1.18. The summed E-state index contributed by atoms with van der Waals surface area (Å²) in [6, 6.07) is 6.01. The molecule has 0 radical (unpaired) electrons. The van der Waals surface area contributed by atoms with Crippen molar-refractivity contribution in [2.75, 3.05) is 13.2 Å². The summed E-state index contributed by atoms with van der Waals surface area (Å²) >= 11 is 0. The van der Waals surface area contributed by atoms with Crippen LogP contribution in [0.2, 0.25) is 0 Å². The lowest BCUT2D eigenvalue weighted by atomic mass is 10.2. The number of hydrogen-bond donors (Lipinski definition) is 0. The van der Waals surface area contributed by atoms with Crippen LogP contribution in [0, 0.1) is 6.92 Å². The van der Waals surface area contributed by atoms with Gasteiger partial charge in [0.1, 0.15) is 0 Å². The summed E-state index contributed by atoms with van der Waals surface area (Å²) in [7, 11) is 0. The average molecular weight is 194 g/mol. The van der Waals surface area contributed by atoms with Crippen LogP contribution in [0.25, 0.3) is 0 Å². The van der Waals surface area contributed by atoms with E-state index in [9.17, 15) is 0 Å². The van der Waals surface area contributed by atoms with Crippen molar-refractivity contribution in [2.24, 2.45) is 0 Å². The Balaban J connectivity index is 2.78. The summed E-state index contributed by atoms with van der Waals surface area (Å²) < 4.78 is 11.1. The normalized spacial score (nSPS) is 9.93. The molecule has 14 heavy (non-hydrogen) atoms. The molecule has 2 nitrogen and oxygen atoms in total. The van der Waals surface area contributed by atoms with Gasteiger partial charge in [0.15, 0.2) is 11.5 Å². The molecule has 1 rings (SSSR count). The van der Waals surface area contributed by atoms with Gasteiger partial charge in [0.2, 0.25) is 0 Å². The highest BCUT2D eigenvalue weighted by Gasteiger charge is 2.03. The molecule has 0 unspecified atom stereocenters. The fraction of sp³-hybridized carbons (Fsp3) is 0.500. The van der Waals surface area contributed by atoms with E-state index in [1.807, 2.05) is 32.0 Å². The van der Waals surface area contributed by atoms with E-state index in [0.29, 0.717) is 6.61 Å². The molecular weight excluding hydrogens is 176 g/mol. The molecule has 0 bridgehead atoms. The number of ether oxygens (including phenoxy) is 2. The lowest BCUT2D eigenvalue weighted by Gasteiger charge is -2.11. The van der Waals surface area contributed by atoms with Gasteiger partial charge in [-0.1, -0.05) is 13.0 Å². The van der Waals surface area contributed by atoms with Crippen molar-refractivity contribution in [3.05, 3.63) is 23.8 Å². The Kier molecular flexibility index (Phi) is 4.30. The van der Waals surface area contributed by atoms with Crippen molar-refractivity contribution in [1.82, 2.24) is 0 Å². The molecule has 0 spiro atoms. The van der Waals surface area contributed by atoms with E-state index in [-0.39, 0.29) is 0 Å². The third-order valence-electron chi connectivity index (χ3n) is 1.86. The van der Waals surface area contributed by atoms with Crippen molar-refractivity contribution < 1.29 is 9.47 Å². The second-order valence-corrected chi connectivity index (χ2v) is 3.23. The lowest BCUT2D eigenvalue weighted by molar-refractivity contribution is 0.277. The summed E-state index contributed by atoms with van der Waals surface area (Å²) in [5.74, 6) is 1.69. The fourth-order valence-corrected chi connectivity index (χ4v) is 1.21. The molecule has 0 N–H and O–H groups in total. The molecule has 0 heterocycles. The van der Waals surface area contributed by atoms with Gasteiger partial charge in [0, 0.05) is 0 Å². The monoisotopic (exact) mass is 194 g/mol. The summed E-state index contributed by atoms with van der Waals surface area (Å²) in [6.07, 6.45) is 1.01. The topological polar surface area (TPSA) is 18.5 Å². The second kappa shape index (κ2) is 5.53. The Bertz CT molecular complexity index is 282. The van der Waals surface area contributed by atoms with E-state index in [1.54, 1.807) is 0 Å². The lowest BCUT2D eigenvalue weighted by Crippen LogP contribution is -1.99. The molecule has 1 aromatic rings. The zero-order chi connectivity index (χ0) is 10.4. The number of rotatable bonds is 5. The van der Waals surface area contributed by atoms with E-state index in [1.165, 1.54) is 5.56 Å². The van der Waals surface area contributed by atoms with Crippen molar-refractivity contribution in [1.29, 1.82) is 0 Å². The van der Waals surface area contributed by atoms with Gasteiger partial charge in [-0.15, -0.1) is 0 Å². The van der Waals surface area contributed by atoms with Crippen LogP contribution in [0.3, 0.4) is 0 Å². The molecule has 0 saturated carbocycles. The maximum absolute atomic E-state index is 5.57. The van der Waals surface area contributed by atoms with Crippen molar-refractivity contribution in [2.45, 2.75) is 27.2 Å². The Morgan fingerprint density at radius 1 is 1.07 bits per heavy atom. The molecule has 0 aliphatic carbocycles. The first-order chi connectivity index (χ1) is 6.77. The molecule has 1 aromatic carbocycles. The van der Waals surface area contributed by atoms with Crippen LogP contribution in [-0.2, 0) is 0 Å². The molecule has 2 heteroatoms. The zero-order valence-corrected chi connectivity index (χ0v) is 9.17. The molecule has 0 saturated heterocycles. The van der Waals surface area contributed by atoms with Gasteiger partial charge in [0.05, 0.1) is 13.2 Å². The van der Waals surface area contributed by atoms with Crippen LogP contribution in [0.4, 0.5) is 0 Å². The Morgan fingerprint density at radius 2 is 1.86 bits per heavy atom. The van der Waals surface area contributed by atoms with E-state index in [0.717, 1.165) is 24.5 Å². The molecule has 78 valence electrons. The van der Waals surface area contributed by atoms with Gasteiger partial charge in [0.25, 0.3) is 0 Å². The quantitative estimate of drug-likeness (QED) is 0.716. The third-order valence-corrected chi connectivity index (χ3v) is 1.86. The van der Waals surface area contributed by atoms with Crippen LogP contribution in [-0.4, -0.2) is 13.2 Å². The minimum atomic E-state index is 0.673. The summed E-state index contributed by atoms with van der Waals surface area (Å²) in [4.78, 5) is 0. The van der Waals surface area contributed by atoms with E-state index < -0.39 is 0 Å². The largest absolute Gasteiger partial charge is 0.490 e. The SMILES string of the molecule is CCCOc1ccc(C)cc1OCC. The van der Waals surface area contributed by atoms with Crippen molar-refractivity contribution >= 4 is 0 Å². The molecule has 0 amide bonds.